The number of nitrogens with one attached hydrogen (secondary N) is 1. The molecule has 104 valence electrons. The third-order valence-electron chi connectivity index (χ3n) is 2.70. The lowest BCUT2D eigenvalue weighted by Gasteiger charge is -2.10. The van der Waals surface area contributed by atoms with E-state index in [1.54, 1.807) is 19.2 Å². The van der Waals surface area contributed by atoms with Gasteiger partial charge in [0.15, 0.2) is 9.84 Å². The molecule has 1 aromatic carbocycles. The molecule has 1 aromatic rings. The zero-order valence-corrected chi connectivity index (χ0v) is 11.9. The van der Waals surface area contributed by atoms with E-state index in [0.29, 0.717) is 18.7 Å². The third-order valence-corrected chi connectivity index (χ3v) is 4.42. The van der Waals surface area contributed by atoms with Crippen molar-refractivity contribution in [2.75, 3.05) is 26.0 Å². The van der Waals surface area contributed by atoms with Crippen molar-refractivity contribution < 1.29 is 13.2 Å². The molecule has 0 fully saturated rings. The number of hydrogen-bond acceptors (Lipinski definition) is 5. The molecule has 0 saturated carbocycles. The van der Waals surface area contributed by atoms with Gasteiger partial charge in [-0.05, 0) is 25.1 Å². The van der Waals surface area contributed by atoms with Crippen molar-refractivity contribution in [1.29, 1.82) is 5.26 Å². The molecule has 6 heteroatoms. The SMILES string of the molecule is COC(C)CNCCS(=O)(=O)c1cccc(C#N)c1. The molecule has 1 N–H and O–H groups in total. The second kappa shape index (κ2) is 7.24. The Morgan fingerprint density at radius 2 is 2.21 bits per heavy atom. The minimum atomic E-state index is -3.35. The number of rotatable bonds is 7. The van der Waals surface area contributed by atoms with Crippen LogP contribution in [0.3, 0.4) is 0 Å². The van der Waals surface area contributed by atoms with Gasteiger partial charge in [0.2, 0.25) is 0 Å². The summed E-state index contributed by atoms with van der Waals surface area (Å²) in [6.07, 6.45) is 0.0459. The van der Waals surface area contributed by atoms with Crippen molar-refractivity contribution in [1.82, 2.24) is 5.32 Å². The van der Waals surface area contributed by atoms with Gasteiger partial charge in [0.05, 0.1) is 28.4 Å². The average Bonchev–Trinajstić information content (AvgIpc) is 2.43. The van der Waals surface area contributed by atoms with Crippen molar-refractivity contribution >= 4 is 9.84 Å². The van der Waals surface area contributed by atoms with Gasteiger partial charge in [-0.3, -0.25) is 0 Å². The average molecular weight is 282 g/mol. The Labute approximate surface area is 114 Å². The number of methoxy groups -OCH3 is 1. The van der Waals surface area contributed by atoms with Crippen LogP contribution in [0.2, 0.25) is 0 Å². The number of nitriles is 1. The summed E-state index contributed by atoms with van der Waals surface area (Å²) in [5.41, 5.74) is 0.349. The molecule has 1 unspecified atom stereocenters. The molecule has 0 radical (unpaired) electrons. The van der Waals surface area contributed by atoms with Crippen LogP contribution in [0.25, 0.3) is 0 Å². The van der Waals surface area contributed by atoms with Gasteiger partial charge in [-0.1, -0.05) is 6.07 Å². The van der Waals surface area contributed by atoms with Gasteiger partial charge in [-0.2, -0.15) is 5.26 Å². The van der Waals surface area contributed by atoms with E-state index in [4.69, 9.17) is 10.00 Å². The molecule has 0 bridgehead atoms. The van der Waals surface area contributed by atoms with Crippen LogP contribution in [0.1, 0.15) is 12.5 Å². The number of ether oxygens (including phenoxy) is 1. The first-order valence-corrected chi connectivity index (χ1v) is 7.61. The van der Waals surface area contributed by atoms with Gasteiger partial charge >= 0.3 is 0 Å². The van der Waals surface area contributed by atoms with E-state index in [2.05, 4.69) is 5.32 Å². The van der Waals surface area contributed by atoms with Crippen LogP contribution in [-0.2, 0) is 14.6 Å². The standard InChI is InChI=1S/C13H18N2O3S/c1-11(18-2)10-15-6-7-19(16,17)13-5-3-4-12(8-13)9-14/h3-5,8,11,15H,6-7,10H2,1-2H3. The normalized spacial score (nSPS) is 12.9. The monoisotopic (exact) mass is 282 g/mol. The smallest absolute Gasteiger partial charge is 0.179 e. The third kappa shape index (κ3) is 4.99. The molecule has 0 aliphatic rings. The molecule has 5 nitrogen and oxygen atoms in total. The Bertz CT molecular complexity index is 549. The lowest BCUT2D eigenvalue weighted by molar-refractivity contribution is 0.118. The molecule has 0 aliphatic heterocycles. The van der Waals surface area contributed by atoms with E-state index in [1.807, 2.05) is 13.0 Å². The number of benzene rings is 1. The lowest BCUT2D eigenvalue weighted by Crippen LogP contribution is -2.30. The molecule has 0 saturated heterocycles. The molecule has 1 rings (SSSR count). The van der Waals surface area contributed by atoms with Crippen LogP contribution in [-0.4, -0.2) is 40.5 Å². The van der Waals surface area contributed by atoms with Crippen LogP contribution in [0.15, 0.2) is 29.2 Å². The van der Waals surface area contributed by atoms with Crippen molar-refractivity contribution in [2.24, 2.45) is 0 Å². The number of nitrogens with zero attached hydrogens (tertiary/aromatic N) is 1. The van der Waals surface area contributed by atoms with Gasteiger partial charge in [-0.25, -0.2) is 8.42 Å². The predicted molar refractivity (Wildman–Crippen MR) is 72.6 cm³/mol. The van der Waals surface area contributed by atoms with E-state index >= 15 is 0 Å². The highest BCUT2D eigenvalue weighted by Crippen LogP contribution is 2.12. The largest absolute Gasteiger partial charge is 0.380 e. The summed E-state index contributed by atoms with van der Waals surface area (Å²) in [5, 5.41) is 11.8. The van der Waals surface area contributed by atoms with E-state index in [0.717, 1.165) is 0 Å². The Balaban J connectivity index is 2.59. The molecule has 1 atom stereocenters. The summed E-state index contributed by atoms with van der Waals surface area (Å²) >= 11 is 0. The van der Waals surface area contributed by atoms with Crippen molar-refractivity contribution in [3.05, 3.63) is 29.8 Å². The maximum atomic E-state index is 12.0. The summed E-state index contributed by atoms with van der Waals surface area (Å²) in [6.45, 7) is 2.86. The highest BCUT2D eigenvalue weighted by Gasteiger charge is 2.14. The molecular formula is C13H18N2O3S. The predicted octanol–water partition coefficient (Wildman–Crippen LogP) is 0.956. The Morgan fingerprint density at radius 1 is 1.47 bits per heavy atom. The topological polar surface area (TPSA) is 79.2 Å². The molecular weight excluding hydrogens is 264 g/mol. The zero-order valence-electron chi connectivity index (χ0n) is 11.1. The Kier molecular flexibility index (Phi) is 5.96. The minimum absolute atomic E-state index is 0.00167. The first-order chi connectivity index (χ1) is 8.99. The Morgan fingerprint density at radius 3 is 2.84 bits per heavy atom. The molecule has 0 amide bonds. The molecule has 0 heterocycles. The summed E-state index contributed by atoms with van der Waals surface area (Å²) < 4.78 is 29.1. The van der Waals surface area contributed by atoms with E-state index in [-0.39, 0.29) is 16.8 Å². The lowest BCUT2D eigenvalue weighted by atomic mass is 10.2. The molecule has 0 aliphatic carbocycles. The van der Waals surface area contributed by atoms with Crippen LogP contribution in [0.4, 0.5) is 0 Å². The van der Waals surface area contributed by atoms with Crippen LogP contribution in [0, 0.1) is 11.3 Å². The maximum absolute atomic E-state index is 12.0. The van der Waals surface area contributed by atoms with E-state index < -0.39 is 9.84 Å². The van der Waals surface area contributed by atoms with E-state index in [1.165, 1.54) is 12.1 Å². The fourth-order valence-electron chi connectivity index (χ4n) is 1.47. The van der Waals surface area contributed by atoms with Crippen molar-refractivity contribution in [2.45, 2.75) is 17.9 Å². The second-order valence-electron chi connectivity index (χ2n) is 4.21. The molecule has 19 heavy (non-hydrogen) atoms. The quantitative estimate of drug-likeness (QED) is 0.753. The maximum Gasteiger partial charge on any atom is 0.179 e. The molecule has 0 spiro atoms. The first-order valence-electron chi connectivity index (χ1n) is 5.96. The molecule has 0 aromatic heterocycles. The Hall–Kier alpha value is -1.42. The summed E-state index contributed by atoms with van der Waals surface area (Å²) in [6, 6.07) is 7.99. The van der Waals surface area contributed by atoms with Crippen LogP contribution < -0.4 is 5.32 Å². The van der Waals surface area contributed by atoms with Crippen molar-refractivity contribution in [3.63, 3.8) is 0 Å². The van der Waals surface area contributed by atoms with Gasteiger partial charge in [-0.15, -0.1) is 0 Å². The summed E-state index contributed by atoms with van der Waals surface area (Å²) in [7, 11) is -1.74. The van der Waals surface area contributed by atoms with Gasteiger partial charge in [0, 0.05) is 20.2 Å². The summed E-state index contributed by atoms with van der Waals surface area (Å²) in [5.74, 6) is -0.00167. The first kappa shape index (κ1) is 15.6. The van der Waals surface area contributed by atoms with Crippen LogP contribution >= 0.6 is 0 Å². The summed E-state index contributed by atoms with van der Waals surface area (Å²) in [4.78, 5) is 0.188. The second-order valence-corrected chi connectivity index (χ2v) is 6.32. The van der Waals surface area contributed by atoms with Crippen LogP contribution in [0.5, 0.6) is 0 Å². The van der Waals surface area contributed by atoms with Gasteiger partial charge in [0.1, 0.15) is 0 Å². The number of sulfone groups is 1. The van der Waals surface area contributed by atoms with Gasteiger partial charge in [0.25, 0.3) is 0 Å². The highest BCUT2D eigenvalue weighted by atomic mass is 32.2. The zero-order chi connectivity index (χ0) is 14.3. The van der Waals surface area contributed by atoms with Gasteiger partial charge < -0.3 is 10.1 Å². The fourth-order valence-corrected chi connectivity index (χ4v) is 2.71. The number of hydrogen-bond donors (Lipinski definition) is 1. The van der Waals surface area contributed by atoms with Crippen molar-refractivity contribution in [3.8, 4) is 6.07 Å². The fraction of sp³-hybridized carbons (Fsp3) is 0.462. The highest BCUT2D eigenvalue weighted by molar-refractivity contribution is 7.91. The minimum Gasteiger partial charge on any atom is -0.380 e. The van der Waals surface area contributed by atoms with E-state index in [9.17, 15) is 8.42 Å².